The monoisotopic (exact) mass is 300 g/mol. The van der Waals surface area contributed by atoms with Crippen LogP contribution in [0.1, 0.15) is 56.6 Å². The first-order chi connectivity index (χ1) is 10.6. The Morgan fingerprint density at radius 3 is 2.45 bits per heavy atom. The Hall–Kier alpha value is -1.35. The lowest BCUT2D eigenvalue weighted by atomic mass is 9.91. The van der Waals surface area contributed by atoms with E-state index in [4.69, 9.17) is 5.73 Å². The second kappa shape index (κ2) is 6.41. The van der Waals surface area contributed by atoms with Crippen molar-refractivity contribution in [2.75, 3.05) is 13.1 Å². The van der Waals surface area contributed by atoms with Crippen molar-refractivity contribution in [2.24, 2.45) is 11.7 Å². The van der Waals surface area contributed by atoms with Gasteiger partial charge in [0.1, 0.15) is 0 Å². The zero-order chi connectivity index (χ0) is 15.6. The average Bonchev–Trinajstić information content (AvgIpc) is 3.31. The quantitative estimate of drug-likeness (QED) is 0.928. The Morgan fingerprint density at radius 1 is 1.18 bits per heavy atom. The van der Waals surface area contributed by atoms with E-state index >= 15 is 0 Å². The predicted molar refractivity (Wildman–Crippen MR) is 89.5 cm³/mol. The molecule has 1 amide bonds. The number of amides is 1. The molecule has 2 aliphatic rings. The lowest BCUT2D eigenvalue weighted by molar-refractivity contribution is -0.134. The molecule has 1 saturated heterocycles. The summed E-state index contributed by atoms with van der Waals surface area (Å²) in [6, 6.07) is 8.42. The topological polar surface area (TPSA) is 46.3 Å². The molecule has 120 valence electrons. The summed E-state index contributed by atoms with van der Waals surface area (Å²) in [5.74, 6) is 0.361. The van der Waals surface area contributed by atoms with Crippen molar-refractivity contribution in [3.05, 3.63) is 35.4 Å². The highest BCUT2D eigenvalue weighted by atomic mass is 16.2. The van der Waals surface area contributed by atoms with Crippen molar-refractivity contribution in [3.8, 4) is 0 Å². The second-order valence-corrected chi connectivity index (χ2v) is 7.16. The van der Waals surface area contributed by atoms with Gasteiger partial charge in [0.25, 0.3) is 0 Å². The van der Waals surface area contributed by atoms with Gasteiger partial charge in [-0.15, -0.1) is 0 Å². The van der Waals surface area contributed by atoms with Gasteiger partial charge in [-0.1, -0.05) is 44.0 Å². The first-order valence-electron chi connectivity index (χ1n) is 8.76. The first kappa shape index (κ1) is 15.5. The average molecular weight is 300 g/mol. The molecular formula is C19H28N2O. The maximum absolute atomic E-state index is 12.7. The molecule has 0 bridgehead atoms. The second-order valence-electron chi connectivity index (χ2n) is 7.16. The molecule has 1 aromatic carbocycles. The molecule has 1 aliphatic heterocycles. The number of carbonyl (C=O) groups excluding carboxylic acids is 1. The number of rotatable bonds is 4. The fraction of sp³-hybridized carbons (Fsp3) is 0.632. The standard InChI is InChI=1S/C19H28N2O/c1-15(18(22)21-12-6-2-3-7-13-21)14-16-8-4-5-9-17(16)19(20)10-11-19/h4-5,8-9,15H,2-3,6-7,10-14,20H2,1H3. The van der Waals surface area contributed by atoms with Crippen molar-refractivity contribution in [2.45, 2.75) is 57.4 Å². The minimum atomic E-state index is -0.123. The molecule has 0 aromatic heterocycles. The number of hydrogen-bond donors (Lipinski definition) is 1. The normalized spacial score (nSPS) is 22.0. The molecule has 2 fully saturated rings. The summed E-state index contributed by atoms with van der Waals surface area (Å²) in [5.41, 5.74) is 8.78. The van der Waals surface area contributed by atoms with Gasteiger partial charge in [0, 0.05) is 24.5 Å². The molecule has 0 radical (unpaired) electrons. The van der Waals surface area contributed by atoms with Gasteiger partial charge in [-0.05, 0) is 43.2 Å². The van der Waals surface area contributed by atoms with Crippen LogP contribution in [0.25, 0.3) is 0 Å². The van der Waals surface area contributed by atoms with Crippen LogP contribution in [0.2, 0.25) is 0 Å². The zero-order valence-corrected chi connectivity index (χ0v) is 13.7. The van der Waals surface area contributed by atoms with E-state index in [1.165, 1.54) is 24.0 Å². The van der Waals surface area contributed by atoms with Crippen molar-refractivity contribution in [1.29, 1.82) is 0 Å². The molecule has 22 heavy (non-hydrogen) atoms. The van der Waals surface area contributed by atoms with Crippen LogP contribution in [0.4, 0.5) is 0 Å². The molecule has 1 atom stereocenters. The van der Waals surface area contributed by atoms with Crippen molar-refractivity contribution < 1.29 is 4.79 Å². The molecule has 1 heterocycles. The van der Waals surface area contributed by atoms with E-state index in [9.17, 15) is 4.79 Å². The van der Waals surface area contributed by atoms with Gasteiger partial charge in [-0.25, -0.2) is 0 Å². The fourth-order valence-electron chi connectivity index (χ4n) is 3.61. The van der Waals surface area contributed by atoms with Crippen LogP contribution in [-0.4, -0.2) is 23.9 Å². The van der Waals surface area contributed by atoms with Crippen LogP contribution < -0.4 is 5.73 Å². The summed E-state index contributed by atoms with van der Waals surface area (Å²) in [5, 5.41) is 0. The third-order valence-corrected chi connectivity index (χ3v) is 5.21. The largest absolute Gasteiger partial charge is 0.342 e. The van der Waals surface area contributed by atoms with Gasteiger partial charge in [0.05, 0.1) is 0 Å². The molecule has 1 unspecified atom stereocenters. The summed E-state index contributed by atoms with van der Waals surface area (Å²) in [4.78, 5) is 14.8. The maximum Gasteiger partial charge on any atom is 0.225 e. The van der Waals surface area contributed by atoms with E-state index in [-0.39, 0.29) is 11.5 Å². The van der Waals surface area contributed by atoms with Gasteiger partial charge in [-0.3, -0.25) is 4.79 Å². The Kier molecular flexibility index (Phi) is 4.53. The van der Waals surface area contributed by atoms with Crippen LogP contribution >= 0.6 is 0 Å². The molecule has 1 aliphatic carbocycles. The van der Waals surface area contributed by atoms with Gasteiger partial charge in [-0.2, -0.15) is 0 Å². The zero-order valence-electron chi connectivity index (χ0n) is 13.7. The van der Waals surface area contributed by atoms with Crippen LogP contribution in [0, 0.1) is 5.92 Å². The molecule has 0 spiro atoms. The number of nitrogens with two attached hydrogens (primary N) is 1. The number of nitrogens with zero attached hydrogens (tertiary/aromatic N) is 1. The Bertz CT molecular complexity index is 528. The smallest absolute Gasteiger partial charge is 0.225 e. The Labute approximate surface area is 133 Å². The summed E-state index contributed by atoms with van der Waals surface area (Å²) in [6.45, 7) is 3.94. The van der Waals surface area contributed by atoms with Crippen LogP contribution in [-0.2, 0) is 16.8 Å². The SMILES string of the molecule is CC(Cc1ccccc1C1(N)CC1)C(=O)N1CCCCCC1. The van der Waals surface area contributed by atoms with Crippen molar-refractivity contribution >= 4 is 5.91 Å². The molecule has 3 nitrogen and oxygen atoms in total. The Morgan fingerprint density at radius 2 is 1.82 bits per heavy atom. The molecule has 3 rings (SSSR count). The maximum atomic E-state index is 12.7. The van der Waals surface area contributed by atoms with E-state index < -0.39 is 0 Å². The van der Waals surface area contributed by atoms with E-state index in [1.807, 2.05) is 0 Å². The first-order valence-corrected chi connectivity index (χ1v) is 8.76. The van der Waals surface area contributed by atoms with Crippen molar-refractivity contribution in [3.63, 3.8) is 0 Å². The van der Waals surface area contributed by atoms with E-state index in [0.29, 0.717) is 5.91 Å². The summed E-state index contributed by atoms with van der Waals surface area (Å²) >= 11 is 0. The van der Waals surface area contributed by atoms with Gasteiger partial charge in [0.2, 0.25) is 5.91 Å². The van der Waals surface area contributed by atoms with Crippen molar-refractivity contribution in [1.82, 2.24) is 4.90 Å². The third-order valence-electron chi connectivity index (χ3n) is 5.21. The van der Waals surface area contributed by atoms with E-state index in [2.05, 4.69) is 36.1 Å². The lowest BCUT2D eigenvalue weighted by Crippen LogP contribution is -2.36. The molecule has 2 N–H and O–H groups in total. The van der Waals surface area contributed by atoms with Gasteiger partial charge < -0.3 is 10.6 Å². The van der Waals surface area contributed by atoms with Gasteiger partial charge >= 0.3 is 0 Å². The van der Waals surface area contributed by atoms with Gasteiger partial charge in [0.15, 0.2) is 0 Å². The lowest BCUT2D eigenvalue weighted by Gasteiger charge is -2.25. The highest BCUT2D eigenvalue weighted by Crippen LogP contribution is 2.44. The van der Waals surface area contributed by atoms with Crippen LogP contribution in [0.5, 0.6) is 0 Å². The highest BCUT2D eigenvalue weighted by molar-refractivity contribution is 5.79. The molecule has 1 saturated carbocycles. The van der Waals surface area contributed by atoms with E-state index in [0.717, 1.165) is 45.2 Å². The minimum absolute atomic E-state index is 0.0431. The van der Waals surface area contributed by atoms with Crippen LogP contribution in [0.3, 0.4) is 0 Å². The highest BCUT2D eigenvalue weighted by Gasteiger charge is 2.41. The summed E-state index contributed by atoms with van der Waals surface area (Å²) in [7, 11) is 0. The number of hydrogen-bond acceptors (Lipinski definition) is 2. The molecule has 1 aromatic rings. The fourth-order valence-corrected chi connectivity index (χ4v) is 3.61. The minimum Gasteiger partial charge on any atom is -0.342 e. The summed E-state index contributed by atoms with van der Waals surface area (Å²) in [6.07, 6.45) is 7.77. The summed E-state index contributed by atoms with van der Waals surface area (Å²) < 4.78 is 0. The number of benzene rings is 1. The Balaban J connectivity index is 1.69. The number of likely N-dealkylation sites (tertiary alicyclic amines) is 1. The molecule has 3 heteroatoms. The number of carbonyl (C=O) groups is 1. The third kappa shape index (κ3) is 3.35. The predicted octanol–water partition coefficient (Wildman–Crippen LogP) is 3.22. The molecular weight excluding hydrogens is 272 g/mol. The van der Waals surface area contributed by atoms with E-state index in [1.54, 1.807) is 0 Å². The van der Waals surface area contributed by atoms with Crippen LogP contribution in [0.15, 0.2) is 24.3 Å².